The molecule has 2 saturated heterocycles. The third-order valence-corrected chi connectivity index (χ3v) is 7.97. The third kappa shape index (κ3) is 5.01. The summed E-state index contributed by atoms with van der Waals surface area (Å²) in [4.78, 5) is 37.4. The van der Waals surface area contributed by atoms with Crippen molar-refractivity contribution in [2.75, 3.05) is 48.3 Å². The van der Waals surface area contributed by atoms with Crippen LogP contribution in [0.5, 0.6) is 0 Å². The van der Waals surface area contributed by atoms with E-state index in [-0.39, 0.29) is 11.3 Å². The number of nitrogens with one attached hydrogen (secondary N) is 1. The summed E-state index contributed by atoms with van der Waals surface area (Å²) in [7, 11) is 2.25. The fraction of sp³-hybridized carbons (Fsp3) is 0.538. The van der Waals surface area contributed by atoms with Gasteiger partial charge in [-0.05, 0) is 63.4 Å². The Bertz CT molecular complexity index is 1270. The predicted molar refractivity (Wildman–Crippen MR) is 136 cm³/mol. The van der Waals surface area contributed by atoms with E-state index in [1.54, 1.807) is 0 Å². The second kappa shape index (κ2) is 9.40. The second-order valence-corrected chi connectivity index (χ2v) is 10.8. The van der Waals surface area contributed by atoms with Crippen LogP contribution in [-0.2, 0) is 15.0 Å². The van der Waals surface area contributed by atoms with Crippen LogP contribution in [0.3, 0.4) is 0 Å². The number of carboxylic acids is 1. The van der Waals surface area contributed by atoms with Crippen molar-refractivity contribution in [3.63, 3.8) is 0 Å². The van der Waals surface area contributed by atoms with E-state index >= 15 is 0 Å². The summed E-state index contributed by atoms with van der Waals surface area (Å²) >= 11 is 0. The summed E-state index contributed by atoms with van der Waals surface area (Å²) in [6.07, 6.45) is 0.551. The zero-order valence-electron chi connectivity index (χ0n) is 21.5. The molecule has 2 unspecified atom stereocenters. The van der Waals surface area contributed by atoms with Gasteiger partial charge in [0.25, 0.3) is 0 Å². The Kier molecular flexibility index (Phi) is 6.49. The number of aliphatic carboxylic acids is 1. The Morgan fingerprint density at radius 3 is 2.45 bits per heavy atom. The maximum atomic E-state index is 11.6. The molecule has 1 aliphatic carbocycles. The smallest absolute Gasteiger partial charge is 0.475 e. The van der Waals surface area contributed by atoms with Crippen molar-refractivity contribution in [2.45, 2.75) is 50.7 Å². The molecule has 0 bridgehead atoms. The van der Waals surface area contributed by atoms with E-state index in [9.17, 15) is 18.0 Å². The molecule has 2 aromatic rings. The minimum atomic E-state index is -5.08. The lowest BCUT2D eigenvalue weighted by Crippen LogP contribution is -2.32. The number of carboxylic acid groups (broad SMARTS) is 1. The van der Waals surface area contributed by atoms with Gasteiger partial charge in [-0.15, -0.1) is 0 Å². The van der Waals surface area contributed by atoms with Crippen LogP contribution in [0, 0.1) is 12.8 Å². The number of nitrogens with zero attached hydrogens (tertiary/aromatic N) is 5. The lowest BCUT2D eigenvalue weighted by molar-refractivity contribution is -0.192. The molecule has 204 valence electrons. The third-order valence-electron chi connectivity index (χ3n) is 7.97. The van der Waals surface area contributed by atoms with Crippen molar-refractivity contribution in [2.24, 2.45) is 5.92 Å². The SMILES string of the molecule is CC(=O)Nc1cc2c(cn1)C1(CC1)CN2c1cc(C)cc(N2CC3CCN(C)C3C2)n1.O=C(O)C(F)(F)F. The van der Waals surface area contributed by atoms with Gasteiger partial charge >= 0.3 is 12.1 Å². The summed E-state index contributed by atoms with van der Waals surface area (Å²) < 4.78 is 31.7. The van der Waals surface area contributed by atoms with Crippen LogP contribution in [0.2, 0.25) is 0 Å². The monoisotopic (exact) mass is 532 g/mol. The number of carbonyl (C=O) groups is 2. The van der Waals surface area contributed by atoms with Crippen molar-refractivity contribution < 1.29 is 27.9 Å². The van der Waals surface area contributed by atoms with Crippen molar-refractivity contribution >= 4 is 35.0 Å². The number of likely N-dealkylation sites (N-methyl/N-ethyl adjacent to an activating group) is 1. The molecular formula is C26H31F3N6O3. The molecule has 3 aliphatic heterocycles. The zero-order valence-corrected chi connectivity index (χ0v) is 21.5. The summed E-state index contributed by atoms with van der Waals surface area (Å²) in [5.41, 5.74) is 3.87. The summed E-state index contributed by atoms with van der Waals surface area (Å²) in [5.74, 6) is 0.602. The van der Waals surface area contributed by atoms with Crippen molar-refractivity contribution in [3.8, 4) is 0 Å². The van der Waals surface area contributed by atoms with Gasteiger partial charge in [0.1, 0.15) is 17.5 Å². The number of aromatic nitrogens is 2. The fourth-order valence-electron chi connectivity index (χ4n) is 5.87. The number of fused-ring (bicyclic) bond motifs is 3. The van der Waals surface area contributed by atoms with Gasteiger partial charge in [0.05, 0.1) is 5.69 Å². The van der Waals surface area contributed by atoms with Gasteiger partial charge in [0, 0.05) is 55.8 Å². The lowest BCUT2D eigenvalue weighted by atomic mass is 10.0. The Hall–Kier alpha value is -3.41. The number of hydrogen-bond acceptors (Lipinski definition) is 7. The number of rotatable bonds is 3. The molecule has 1 spiro atoms. The largest absolute Gasteiger partial charge is 0.490 e. The van der Waals surface area contributed by atoms with Gasteiger partial charge in [-0.2, -0.15) is 13.2 Å². The predicted octanol–water partition coefficient (Wildman–Crippen LogP) is 3.70. The average molecular weight is 533 g/mol. The van der Waals surface area contributed by atoms with Gasteiger partial charge < -0.3 is 25.1 Å². The highest BCUT2D eigenvalue weighted by atomic mass is 19.4. The van der Waals surface area contributed by atoms with Gasteiger partial charge in [-0.25, -0.2) is 14.8 Å². The molecule has 2 N–H and O–H groups in total. The molecule has 1 saturated carbocycles. The first kappa shape index (κ1) is 26.2. The molecule has 3 fully saturated rings. The van der Waals surface area contributed by atoms with E-state index in [4.69, 9.17) is 14.9 Å². The molecular weight excluding hydrogens is 501 g/mol. The highest BCUT2D eigenvalue weighted by Crippen LogP contribution is 2.58. The van der Waals surface area contributed by atoms with Crippen molar-refractivity contribution in [1.29, 1.82) is 0 Å². The van der Waals surface area contributed by atoms with Crippen LogP contribution >= 0.6 is 0 Å². The molecule has 9 nitrogen and oxygen atoms in total. The first-order valence-corrected chi connectivity index (χ1v) is 12.7. The minimum absolute atomic E-state index is 0.0985. The number of halogens is 3. The highest BCUT2D eigenvalue weighted by Gasteiger charge is 2.52. The average Bonchev–Trinajstić information content (AvgIpc) is 3.19. The maximum absolute atomic E-state index is 11.6. The number of hydrogen-bond donors (Lipinski definition) is 2. The number of amides is 1. The van der Waals surface area contributed by atoms with Crippen LogP contribution in [0.25, 0.3) is 0 Å². The second-order valence-electron chi connectivity index (χ2n) is 10.8. The van der Waals surface area contributed by atoms with Crippen LogP contribution in [0.15, 0.2) is 24.4 Å². The lowest BCUT2D eigenvalue weighted by Gasteiger charge is -2.25. The van der Waals surface area contributed by atoms with Crippen LogP contribution in [0.1, 0.15) is 37.3 Å². The number of pyridine rings is 2. The molecule has 5 heterocycles. The zero-order chi connectivity index (χ0) is 27.4. The van der Waals surface area contributed by atoms with Gasteiger partial charge in [0.2, 0.25) is 5.91 Å². The minimum Gasteiger partial charge on any atom is -0.475 e. The molecule has 0 radical (unpaired) electrons. The molecule has 6 rings (SSSR count). The first-order valence-electron chi connectivity index (χ1n) is 12.7. The van der Waals surface area contributed by atoms with E-state index < -0.39 is 12.1 Å². The topological polar surface area (TPSA) is 102 Å². The number of likely N-dealkylation sites (tertiary alicyclic amines) is 1. The Morgan fingerprint density at radius 1 is 1.16 bits per heavy atom. The van der Waals surface area contributed by atoms with Crippen LogP contribution < -0.4 is 15.1 Å². The molecule has 0 aromatic carbocycles. The first-order chi connectivity index (χ1) is 17.9. The molecule has 38 heavy (non-hydrogen) atoms. The number of alkyl halides is 3. The molecule has 12 heteroatoms. The van der Waals surface area contributed by atoms with Crippen LogP contribution in [-0.4, -0.2) is 77.3 Å². The maximum Gasteiger partial charge on any atom is 0.490 e. The summed E-state index contributed by atoms with van der Waals surface area (Å²) in [6, 6.07) is 7.09. The fourth-order valence-corrected chi connectivity index (χ4v) is 5.87. The molecule has 1 amide bonds. The van der Waals surface area contributed by atoms with Gasteiger partial charge in [0.15, 0.2) is 0 Å². The van der Waals surface area contributed by atoms with Gasteiger partial charge in [-0.1, -0.05) is 0 Å². The Morgan fingerprint density at radius 2 is 1.84 bits per heavy atom. The van der Waals surface area contributed by atoms with Crippen molar-refractivity contribution in [1.82, 2.24) is 14.9 Å². The standard InChI is InChI=1S/C24H30N6O.C2HF3O2/c1-15-8-22(29-12-17-4-7-28(3)20(17)13-29)27-23(9-15)30-14-24(5-6-24)18-11-25-21(10-19(18)30)26-16(2)31;3-2(4,5)1(6)7/h8-11,17,20H,4-7,12-14H2,1-3H3,(H,25,26,31);(H,6,7). The van der Waals surface area contributed by atoms with E-state index in [0.717, 1.165) is 42.9 Å². The summed E-state index contributed by atoms with van der Waals surface area (Å²) in [5, 5.41) is 9.96. The summed E-state index contributed by atoms with van der Waals surface area (Å²) in [6.45, 7) is 8.00. The van der Waals surface area contributed by atoms with E-state index in [1.165, 1.54) is 43.9 Å². The van der Waals surface area contributed by atoms with E-state index in [1.807, 2.05) is 12.3 Å². The highest BCUT2D eigenvalue weighted by molar-refractivity contribution is 5.89. The van der Waals surface area contributed by atoms with E-state index in [2.05, 4.69) is 51.1 Å². The quantitative estimate of drug-likeness (QED) is 0.617. The van der Waals surface area contributed by atoms with Gasteiger partial charge in [-0.3, -0.25) is 4.79 Å². The Balaban J connectivity index is 0.000000374. The van der Waals surface area contributed by atoms with Crippen molar-refractivity contribution in [3.05, 3.63) is 35.5 Å². The van der Waals surface area contributed by atoms with E-state index in [0.29, 0.717) is 11.9 Å². The molecule has 4 aliphatic rings. The number of carbonyl (C=O) groups excluding carboxylic acids is 1. The van der Waals surface area contributed by atoms with Crippen LogP contribution in [0.4, 0.5) is 36.3 Å². The molecule has 2 aromatic heterocycles. The number of anilines is 4. The molecule has 2 atom stereocenters. The Labute approximate surface area is 218 Å². The normalized spacial score (nSPS) is 23.1. The number of aryl methyl sites for hydroxylation is 1.